The summed E-state index contributed by atoms with van der Waals surface area (Å²) in [6.07, 6.45) is 5.11. The van der Waals surface area contributed by atoms with Crippen LogP contribution < -0.4 is 10.5 Å². The van der Waals surface area contributed by atoms with Crippen LogP contribution in [0.15, 0.2) is 72.7 Å². The first-order valence-corrected chi connectivity index (χ1v) is 8.20. The van der Waals surface area contributed by atoms with Crippen LogP contribution in [0.25, 0.3) is 11.0 Å². The predicted octanol–water partition coefficient (Wildman–Crippen LogP) is 3.16. The van der Waals surface area contributed by atoms with Crippen LogP contribution in [-0.4, -0.2) is 27.6 Å². The van der Waals surface area contributed by atoms with Crippen molar-refractivity contribution in [3.8, 4) is 0 Å². The summed E-state index contributed by atoms with van der Waals surface area (Å²) < 4.78 is 15.1. The van der Waals surface area contributed by atoms with Crippen LogP contribution in [0, 0.1) is 5.82 Å². The third kappa shape index (κ3) is 3.54. The number of hydrogen-bond donors (Lipinski definition) is 0. The molecular formula is C20H19FN4O. The van der Waals surface area contributed by atoms with Crippen LogP contribution in [0.5, 0.6) is 0 Å². The van der Waals surface area contributed by atoms with Crippen molar-refractivity contribution in [1.82, 2.24) is 14.5 Å². The Morgan fingerprint density at radius 3 is 2.46 bits per heavy atom. The van der Waals surface area contributed by atoms with E-state index in [1.54, 1.807) is 42.6 Å². The number of pyridine rings is 1. The van der Waals surface area contributed by atoms with Gasteiger partial charge in [-0.2, -0.15) is 4.98 Å². The average molecular weight is 350 g/mol. The first-order valence-electron chi connectivity index (χ1n) is 8.20. The second-order valence-electron chi connectivity index (χ2n) is 5.79. The molecule has 0 N–H and O–H groups in total. The lowest BCUT2D eigenvalue weighted by molar-refractivity contribution is 0.626. The van der Waals surface area contributed by atoms with E-state index in [1.165, 1.54) is 12.1 Å². The maximum absolute atomic E-state index is 13.2. The Morgan fingerprint density at radius 1 is 1.12 bits per heavy atom. The number of anilines is 1. The fraction of sp³-hybridized carbons (Fsp3) is 0.150. The van der Waals surface area contributed by atoms with E-state index in [-0.39, 0.29) is 11.4 Å². The van der Waals surface area contributed by atoms with Gasteiger partial charge in [0.15, 0.2) is 0 Å². The van der Waals surface area contributed by atoms with Gasteiger partial charge < -0.3 is 4.90 Å². The van der Waals surface area contributed by atoms with Gasteiger partial charge in [0, 0.05) is 19.3 Å². The summed E-state index contributed by atoms with van der Waals surface area (Å²) in [6.45, 7) is 8.94. The fourth-order valence-electron chi connectivity index (χ4n) is 2.79. The lowest BCUT2D eigenvalue weighted by Gasteiger charge is -2.25. The molecule has 0 saturated heterocycles. The molecule has 0 radical (unpaired) electrons. The van der Waals surface area contributed by atoms with Crippen LogP contribution in [0.1, 0.15) is 5.56 Å². The van der Waals surface area contributed by atoms with Crippen LogP contribution in [0.3, 0.4) is 0 Å². The lowest BCUT2D eigenvalue weighted by Crippen LogP contribution is -2.31. The largest absolute Gasteiger partial charge is 0.335 e. The molecule has 0 fully saturated rings. The quantitative estimate of drug-likeness (QED) is 0.614. The molecule has 0 aliphatic rings. The summed E-state index contributed by atoms with van der Waals surface area (Å²) in [5.41, 5.74) is 1.07. The predicted molar refractivity (Wildman–Crippen MR) is 102 cm³/mol. The molecule has 0 saturated carbocycles. The van der Waals surface area contributed by atoms with Crippen molar-refractivity contribution in [3.05, 3.63) is 89.6 Å². The molecule has 0 aliphatic carbocycles. The van der Waals surface area contributed by atoms with E-state index in [2.05, 4.69) is 23.1 Å². The smallest absolute Gasteiger partial charge is 0.283 e. The molecule has 0 bridgehead atoms. The highest BCUT2D eigenvalue weighted by atomic mass is 19.1. The number of aromatic nitrogens is 3. The fourth-order valence-corrected chi connectivity index (χ4v) is 2.79. The Bertz CT molecular complexity index is 985. The summed E-state index contributed by atoms with van der Waals surface area (Å²) in [6, 6.07) is 9.64. The van der Waals surface area contributed by atoms with Crippen molar-refractivity contribution >= 4 is 17.0 Å². The van der Waals surface area contributed by atoms with Gasteiger partial charge in [0.05, 0.1) is 11.9 Å². The van der Waals surface area contributed by atoms with Crippen LogP contribution in [0.4, 0.5) is 10.3 Å². The molecule has 2 heterocycles. The standard InChI is InChI=1S/C20H19FN4O/c1-3-12-24(13-4-2)20-23-19(26)17-6-5-11-22-18(17)25(20)14-15-7-9-16(21)10-8-15/h3-11H,1-2,12-14H2. The number of rotatable bonds is 7. The zero-order chi connectivity index (χ0) is 18.5. The van der Waals surface area contributed by atoms with Gasteiger partial charge in [-0.1, -0.05) is 24.3 Å². The molecule has 26 heavy (non-hydrogen) atoms. The van der Waals surface area contributed by atoms with Crippen LogP contribution in [0.2, 0.25) is 0 Å². The van der Waals surface area contributed by atoms with Gasteiger partial charge in [0.2, 0.25) is 5.95 Å². The lowest BCUT2D eigenvalue weighted by atomic mass is 10.2. The van der Waals surface area contributed by atoms with Crippen molar-refractivity contribution in [2.75, 3.05) is 18.0 Å². The molecule has 0 aliphatic heterocycles. The van der Waals surface area contributed by atoms with E-state index >= 15 is 0 Å². The Morgan fingerprint density at radius 2 is 1.81 bits per heavy atom. The first kappa shape index (κ1) is 17.5. The summed E-state index contributed by atoms with van der Waals surface area (Å²) in [5.74, 6) is 0.181. The van der Waals surface area contributed by atoms with Crippen LogP contribution >= 0.6 is 0 Å². The SMILES string of the molecule is C=CCN(CC=C)c1nc(=O)c2cccnc2n1Cc1ccc(F)cc1. The second-order valence-corrected chi connectivity index (χ2v) is 5.79. The van der Waals surface area contributed by atoms with E-state index < -0.39 is 0 Å². The minimum atomic E-state index is -0.336. The maximum Gasteiger partial charge on any atom is 0.283 e. The first-order chi connectivity index (χ1) is 12.6. The summed E-state index contributed by atoms with van der Waals surface area (Å²) >= 11 is 0. The van der Waals surface area contributed by atoms with Crippen molar-refractivity contribution < 1.29 is 4.39 Å². The van der Waals surface area contributed by atoms with Gasteiger partial charge in [0.25, 0.3) is 5.56 Å². The zero-order valence-electron chi connectivity index (χ0n) is 14.3. The normalized spacial score (nSPS) is 10.7. The Balaban J connectivity index is 2.21. The third-order valence-corrected chi connectivity index (χ3v) is 3.95. The van der Waals surface area contributed by atoms with E-state index in [9.17, 15) is 9.18 Å². The Hall–Kier alpha value is -3.28. The van der Waals surface area contributed by atoms with Crippen molar-refractivity contribution in [3.63, 3.8) is 0 Å². The molecule has 0 unspecified atom stereocenters. The van der Waals surface area contributed by atoms with E-state index in [1.807, 2.05) is 9.47 Å². The molecule has 3 rings (SSSR count). The molecule has 0 amide bonds. The average Bonchev–Trinajstić information content (AvgIpc) is 2.65. The van der Waals surface area contributed by atoms with E-state index in [0.717, 1.165) is 5.56 Å². The molecule has 2 aromatic heterocycles. The number of benzene rings is 1. The minimum absolute atomic E-state index is 0.296. The van der Waals surface area contributed by atoms with Gasteiger partial charge in [-0.05, 0) is 29.8 Å². The highest BCUT2D eigenvalue weighted by molar-refractivity contribution is 5.75. The highest BCUT2D eigenvalue weighted by Gasteiger charge is 2.16. The summed E-state index contributed by atoms with van der Waals surface area (Å²) in [4.78, 5) is 23.0. The third-order valence-electron chi connectivity index (χ3n) is 3.95. The van der Waals surface area contributed by atoms with E-state index in [4.69, 9.17) is 0 Å². The molecule has 0 atom stereocenters. The molecule has 6 heteroatoms. The molecule has 0 spiro atoms. The molecular weight excluding hydrogens is 331 g/mol. The minimum Gasteiger partial charge on any atom is -0.335 e. The molecule has 5 nitrogen and oxygen atoms in total. The van der Waals surface area contributed by atoms with Crippen molar-refractivity contribution in [2.24, 2.45) is 0 Å². The van der Waals surface area contributed by atoms with Gasteiger partial charge in [-0.25, -0.2) is 9.37 Å². The Kier molecular flexibility index (Phi) is 5.22. The molecule has 132 valence electrons. The Labute approximate surface area is 150 Å². The van der Waals surface area contributed by atoms with Crippen molar-refractivity contribution in [2.45, 2.75) is 6.54 Å². The summed E-state index contributed by atoms with van der Waals surface area (Å²) in [5, 5.41) is 0.440. The summed E-state index contributed by atoms with van der Waals surface area (Å²) in [7, 11) is 0. The van der Waals surface area contributed by atoms with Gasteiger partial charge >= 0.3 is 0 Å². The van der Waals surface area contributed by atoms with Crippen LogP contribution in [-0.2, 0) is 6.54 Å². The van der Waals surface area contributed by atoms with Gasteiger partial charge in [-0.3, -0.25) is 9.36 Å². The van der Waals surface area contributed by atoms with Gasteiger partial charge in [-0.15, -0.1) is 13.2 Å². The monoisotopic (exact) mass is 350 g/mol. The molecule has 3 aromatic rings. The number of halogens is 1. The maximum atomic E-state index is 13.2. The van der Waals surface area contributed by atoms with Gasteiger partial charge in [0.1, 0.15) is 11.5 Å². The van der Waals surface area contributed by atoms with Crippen molar-refractivity contribution in [1.29, 1.82) is 0 Å². The number of hydrogen-bond acceptors (Lipinski definition) is 4. The topological polar surface area (TPSA) is 51.0 Å². The second kappa shape index (κ2) is 7.74. The number of fused-ring (bicyclic) bond motifs is 1. The molecule has 1 aromatic carbocycles. The van der Waals surface area contributed by atoms with E-state index in [0.29, 0.717) is 36.6 Å². The highest BCUT2D eigenvalue weighted by Crippen LogP contribution is 2.18. The number of nitrogens with zero attached hydrogens (tertiary/aromatic N) is 4. The zero-order valence-corrected chi connectivity index (χ0v) is 14.3.